The zero-order chi connectivity index (χ0) is 26.1. The lowest BCUT2D eigenvalue weighted by molar-refractivity contribution is -0.120. The van der Waals surface area contributed by atoms with E-state index in [9.17, 15) is 18.7 Å². The summed E-state index contributed by atoms with van der Waals surface area (Å²) in [5.74, 6) is -0.230. The maximum absolute atomic E-state index is 14.3. The van der Waals surface area contributed by atoms with E-state index in [1.807, 2.05) is 6.07 Å². The second-order valence-electron chi connectivity index (χ2n) is 10.8. The molecule has 1 fully saturated rings. The van der Waals surface area contributed by atoms with Crippen molar-refractivity contribution < 1.29 is 23.4 Å². The number of pyridine rings is 1. The van der Waals surface area contributed by atoms with Crippen LogP contribution in [0.25, 0.3) is 0 Å². The molecule has 2 aromatic rings. The van der Waals surface area contributed by atoms with Crippen LogP contribution in [0.2, 0.25) is 5.02 Å². The van der Waals surface area contributed by atoms with Crippen LogP contribution in [0, 0.1) is 5.82 Å². The molecule has 0 bridgehead atoms. The molecule has 6 nitrogen and oxygen atoms in total. The van der Waals surface area contributed by atoms with E-state index in [-0.39, 0.29) is 42.0 Å². The molecule has 36 heavy (non-hydrogen) atoms. The van der Waals surface area contributed by atoms with Gasteiger partial charge in [-0.2, -0.15) is 0 Å². The maximum Gasteiger partial charge on any atom is 0.218 e. The number of rotatable bonds is 9. The van der Waals surface area contributed by atoms with E-state index in [0.717, 1.165) is 30.4 Å². The Morgan fingerprint density at radius 1 is 1.31 bits per heavy atom. The van der Waals surface area contributed by atoms with Crippen LogP contribution in [0.3, 0.4) is 0 Å². The molecule has 0 radical (unpaired) electrons. The van der Waals surface area contributed by atoms with Crippen LogP contribution in [-0.2, 0) is 17.6 Å². The van der Waals surface area contributed by atoms with Crippen molar-refractivity contribution in [3.05, 3.63) is 58.0 Å². The average Bonchev–Trinajstić information content (AvgIpc) is 2.73. The van der Waals surface area contributed by atoms with E-state index >= 15 is 0 Å². The number of carbonyl (C=O) groups excluding carboxylic acids is 1. The number of carbonyl (C=O) groups is 1. The number of fused-ring (bicyclic) bond motifs is 1. The smallest absolute Gasteiger partial charge is 0.218 e. The van der Waals surface area contributed by atoms with Crippen molar-refractivity contribution in [3.63, 3.8) is 0 Å². The van der Waals surface area contributed by atoms with Gasteiger partial charge in [0.05, 0.1) is 12.1 Å². The Morgan fingerprint density at radius 2 is 2.06 bits per heavy atom. The molecule has 2 aliphatic rings. The highest BCUT2D eigenvalue weighted by molar-refractivity contribution is 6.30. The lowest BCUT2D eigenvalue weighted by Gasteiger charge is -2.47. The van der Waals surface area contributed by atoms with Crippen LogP contribution in [-0.4, -0.2) is 46.0 Å². The highest BCUT2D eigenvalue weighted by Crippen LogP contribution is 2.48. The van der Waals surface area contributed by atoms with E-state index in [1.165, 1.54) is 32.9 Å². The highest BCUT2D eigenvalue weighted by atomic mass is 35.5. The SMILES string of the molecule is CC(=O)N[C@@H](Cc1cc(F)cc(Cl)c1)[C@@H](O)CN[C@H]1CC2(CCC2)Oc2ncc(CC(C)(C)F)cc21. The molecule has 4 rings (SSSR count). The Bertz CT molecular complexity index is 1080. The van der Waals surface area contributed by atoms with Crippen LogP contribution in [0.15, 0.2) is 30.5 Å². The molecule has 1 aliphatic heterocycles. The molecule has 1 aliphatic carbocycles. The molecule has 3 N–H and O–H groups in total. The number of ether oxygens (including phenoxy) is 1. The normalized spacial score (nSPS) is 20.1. The minimum atomic E-state index is -1.37. The van der Waals surface area contributed by atoms with E-state index in [0.29, 0.717) is 17.9 Å². The zero-order valence-corrected chi connectivity index (χ0v) is 21.7. The molecule has 1 aromatic heterocycles. The quantitative estimate of drug-likeness (QED) is 0.449. The molecule has 1 spiro atoms. The minimum Gasteiger partial charge on any atom is -0.471 e. The first-order chi connectivity index (χ1) is 16.9. The molecule has 9 heteroatoms. The van der Waals surface area contributed by atoms with Gasteiger partial charge in [-0.1, -0.05) is 11.6 Å². The fourth-order valence-electron chi connectivity index (χ4n) is 5.15. The van der Waals surface area contributed by atoms with Gasteiger partial charge in [-0.25, -0.2) is 13.8 Å². The first-order valence-electron chi connectivity index (χ1n) is 12.4. The molecule has 2 heterocycles. The van der Waals surface area contributed by atoms with Gasteiger partial charge < -0.3 is 20.5 Å². The largest absolute Gasteiger partial charge is 0.471 e. The zero-order valence-electron chi connectivity index (χ0n) is 20.9. The van der Waals surface area contributed by atoms with Crippen molar-refractivity contribution in [2.75, 3.05) is 6.54 Å². The fraction of sp³-hybridized carbons (Fsp3) is 0.556. The number of benzene rings is 1. The molecule has 0 unspecified atom stereocenters. The lowest BCUT2D eigenvalue weighted by atomic mass is 9.73. The summed E-state index contributed by atoms with van der Waals surface area (Å²) in [5, 5.41) is 17.5. The van der Waals surface area contributed by atoms with Gasteiger partial charge in [-0.05, 0) is 74.9 Å². The molecule has 3 atom stereocenters. The molecule has 1 saturated carbocycles. The van der Waals surface area contributed by atoms with Crippen molar-refractivity contribution in [2.24, 2.45) is 0 Å². The first-order valence-corrected chi connectivity index (χ1v) is 12.8. The van der Waals surface area contributed by atoms with Gasteiger partial charge in [-0.15, -0.1) is 0 Å². The second kappa shape index (κ2) is 10.6. The lowest BCUT2D eigenvalue weighted by Crippen LogP contribution is -2.52. The minimum absolute atomic E-state index is 0.152. The number of nitrogens with zero attached hydrogens (tertiary/aromatic N) is 1. The van der Waals surface area contributed by atoms with Gasteiger partial charge in [0, 0.05) is 49.1 Å². The molecular weight excluding hydrogens is 488 g/mol. The number of amides is 1. The summed E-state index contributed by atoms with van der Waals surface area (Å²) in [5.41, 5.74) is 0.546. The van der Waals surface area contributed by atoms with Crippen molar-refractivity contribution in [1.29, 1.82) is 0 Å². The fourth-order valence-corrected chi connectivity index (χ4v) is 5.40. The van der Waals surface area contributed by atoms with E-state index < -0.39 is 23.6 Å². The third-order valence-corrected chi connectivity index (χ3v) is 7.11. The van der Waals surface area contributed by atoms with Crippen LogP contribution >= 0.6 is 11.6 Å². The van der Waals surface area contributed by atoms with E-state index in [2.05, 4.69) is 15.6 Å². The van der Waals surface area contributed by atoms with Gasteiger partial charge in [0.15, 0.2) is 0 Å². The Balaban J connectivity index is 1.51. The number of alkyl halides is 1. The van der Waals surface area contributed by atoms with Gasteiger partial charge in [0.25, 0.3) is 0 Å². The number of hydrogen-bond donors (Lipinski definition) is 3. The number of aliphatic hydroxyl groups is 1. The van der Waals surface area contributed by atoms with Crippen LogP contribution < -0.4 is 15.4 Å². The van der Waals surface area contributed by atoms with Crippen LogP contribution in [0.1, 0.15) is 69.2 Å². The van der Waals surface area contributed by atoms with Gasteiger partial charge in [0.2, 0.25) is 11.8 Å². The topological polar surface area (TPSA) is 83.5 Å². The van der Waals surface area contributed by atoms with Crippen molar-refractivity contribution in [3.8, 4) is 5.88 Å². The Hall–Kier alpha value is -2.29. The van der Waals surface area contributed by atoms with Crippen LogP contribution in [0.5, 0.6) is 5.88 Å². The second-order valence-corrected chi connectivity index (χ2v) is 11.2. The number of nitrogens with one attached hydrogen (secondary N) is 2. The monoisotopic (exact) mass is 521 g/mol. The van der Waals surface area contributed by atoms with Gasteiger partial charge in [-0.3, -0.25) is 4.79 Å². The summed E-state index contributed by atoms with van der Waals surface area (Å²) in [6.45, 7) is 4.62. The number of hydrogen-bond acceptors (Lipinski definition) is 5. The van der Waals surface area contributed by atoms with Crippen molar-refractivity contribution >= 4 is 17.5 Å². The van der Waals surface area contributed by atoms with Crippen molar-refractivity contribution in [2.45, 2.75) is 88.8 Å². The van der Waals surface area contributed by atoms with Gasteiger partial charge >= 0.3 is 0 Å². The van der Waals surface area contributed by atoms with Crippen LogP contribution in [0.4, 0.5) is 8.78 Å². The standard InChI is InChI=1S/C27H34ClF2N3O3/c1-16(34)33-22(10-17-7-19(28)11-20(29)8-17)24(35)15-31-23-13-27(5-4-6-27)36-25-21(23)9-18(14-32-25)12-26(2,3)30/h7-9,11,14,22-24,31,35H,4-6,10,12-13,15H2,1-3H3,(H,33,34)/t22-,23-,24-/m0/s1. The molecular formula is C27H34ClF2N3O3. The first kappa shape index (κ1) is 26.8. The van der Waals surface area contributed by atoms with Gasteiger partial charge in [0.1, 0.15) is 17.1 Å². The molecule has 0 saturated heterocycles. The Kier molecular flexibility index (Phi) is 7.88. The summed E-state index contributed by atoms with van der Waals surface area (Å²) in [4.78, 5) is 16.3. The summed E-state index contributed by atoms with van der Waals surface area (Å²) in [6.07, 6.45) is 4.81. The molecule has 1 amide bonds. The summed E-state index contributed by atoms with van der Waals surface area (Å²) < 4.78 is 34.4. The van der Waals surface area contributed by atoms with Crippen molar-refractivity contribution in [1.82, 2.24) is 15.6 Å². The summed E-state index contributed by atoms with van der Waals surface area (Å²) in [6, 6.07) is 5.30. The summed E-state index contributed by atoms with van der Waals surface area (Å²) in [7, 11) is 0. The maximum atomic E-state index is 14.3. The number of aliphatic hydroxyl groups excluding tert-OH is 1. The predicted octanol–water partition coefficient (Wildman–Crippen LogP) is 4.61. The Morgan fingerprint density at radius 3 is 2.67 bits per heavy atom. The predicted molar refractivity (Wildman–Crippen MR) is 134 cm³/mol. The summed E-state index contributed by atoms with van der Waals surface area (Å²) >= 11 is 5.98. The Labute approximate surface area is 215 Å². The highest BCUT2D eigenvalue weighted by Gasteiger charge is 2.46. The third-order valence-electron chi connectivity index (χ3n) is 6.89. The molecule has 1 aromatic carbocycles. The average molecular weight is 522 g/mol. The number of halogens is 3. The molecule has 196 valence electrons. The number of aromatic nitrogens is 1. The third kappa shape index (κ3) is 6.72. The van der Waals surface area contributed by atoms with E-state index in [4.69, 9.17) is 16.3 Å². The van der Waals surface area contributed by atoms with E-state index in [1.54, 1.807) is 12.3 Å².